The van der Waals surface area contributed by atoms with E-state index in [1.165, 1.54) is 0 Å². The third kappa shape index (κ3) is 7.41. The summed E-state index contributed by atoms with van der Waals surface area (Å²) in [5, 5.41) is 8.06. The van der Waals surface area contributed by atoms with Gasteiger partial charge in [-0.1, -0.05) is 30.2 Å². The van der Waals surface area contributed by atoms with Crippen molar-refractivity contribution in [3.8, 4) is 11.3 Å². The maximum absolute atomic E-state index is 13.2. The van der Waals surface area contributed by atoms with Crippen LogP contribution in [-0.2, 0) is 25.9 Å². The fourth-order valence-electron chi connectivity index (χ4n) is 1.45. The summed E-state index contributed by atoms with van der Waals surface area (Å²) < 4.78 is 25.8. The van der Waals surface area contributed by atoms with Gasteiger partial charge in [0.2, 0.25) is 0 Å². The molecule has 0 saturated carbocycles. The molecule has 0 atom stereocenters. The number of nitrogens with zero attached hydrogens (tertiary/aromatic N) is 1. The van der Waals surface area contributed by atoms with Crippen LogP contribution < -0.4 is 0 Å². The summed E-state index contributed by atoms with van der Waals surface area (Å²) in [5.41, 5.74) is 0.636. The molecule has 2 aromatic rings. The quantitative estimate of drug-likeness (QED) is 0.670. The van der Waals surface area contributed by atoms with Crippen LogP contribution in [0.3, 0.4) is 0 Å². The number of carboxylic acid groups (broad SMARTS) is 1. The molecular weight excluding hydrogens is 471 g/mol. The summed E-state index contributed by atoms with van der Waals surface area (Å²) in [7, 11) is 0. The van der Waals surface area contributed by atoms with Crippen LogP contribution in [-0.4, -0.2) is 16.1 Å². The molecule has 0 aliphatic rings. The van der Waals surface area contributed by atoms with E-state index in [0.717, 1.165) is 18.1 Å². The smallest absolute Gasteiger partial charge is 0.483 e. The number of aliphatic carboxylic acids is 1. The van der Waals surface area contributed by atoms with Crippen LogP contribution in [0.25, 0.3) is 11.3 Å². The minimum absolute atomic E-state index is 0. The first-order valence-electron chi connectivity index (χ1n) is 6.19. The average molecular weight is 486 g/mol. The fourth-order valence-corrected chi connectivity index (χ4v) is 1.45. The molecule has 0 bridgehead atoms. The van der Waals surface area contributed by atoms with E-state index in [-0.39, 0.29) is 33.0 Å². The number of aromatic nitrogens is 1. The molecule has 0 unspecified atom stereocenters. The van der Waals surface area contributed by atoms with Crippen molar-refractivity contribution in [2.45, 2.75) is 20.3 Å². The van der Waals surface area contributed by atoms with Gasteiger partial charge < -0.3 is 16.0 Å². The number of carboxylic acids is 1. The van der Waals surface area contributed by atoms with Crippen LogP contribution in [0.15, 0.2) is 36.5 Å². The molecule has 1 aromatic heterocycles. The predicted molar refractivity (Wildman–Crippen MR) is 75.3 cm³/mol. The molecule has 2 rings (SSSR count). The van der Waals surface area contributed by atoms with Crippen molar-refractivity contribution >= 4 is 5.97 Å². The maximum Gasteiger partial charge on any atom is 2.00 e. The maximum atomic E-state index is 13.2. The molecule has 1 N–H and O–H groups in total. The van der Waals surface area contributed by atoms with E-state index >= 15 is 0 Å². The van der Waals surface area contributed by atoms with Crippen molar-refractivity contribution < 1.29 is 39.7 Å². The minimum Gasteiger partial charge on any atom is -0.483 e. The zero-order valence-electron chi connectivity index (χ0n) is 12.0. The Bertz CT molecular complexity index is 592. The number of hydrogen-bond donors (Lipinski definition) is 1. The van der Waals surface area contributed by atoms with Gasteiger partial charge in [-0.15, -0.1) is 12.1 Å². The molecule has 0 amide bonds. The van der Waals surface area contributed by atoms with Gasteiger partial charge in [0.25, 0.3) is 5.97 Å². The van der Waals surface area contributed by atoms with Gasteiger partial charge in [0.05, 0.1) is 0 Å². The number of pyridine rings is 1. The first-order chi connectivity index (χ1) is 9.90. The molecule has 0 saturated heterocycles. The zero-order valence-corrected chi connectivity index (χ0v) is 14.3. The Labute approximate surface area is 142 Å². The summed E-state index contributed by atoms with van der Waals surface area (Å²) >= 11 is 0. The largest absolute Gasteiger partial charge is 2.00 e. The normalized spacial score (nSPS) is 9.50. The number of rotatable bonds is 3. The van der Waals surface area contributed by atoms with Gasteiger partial charge in [-0.3, -0.25) is 13.6 Å². The third-order valence-corrected chi connectivity index (χ3v) is 2.28. The van der Waals surface area contributed by atoms with E-state index in [1.54, 1.807) is 38.2 Å². The van der Waals surface area contributed by atoms with E-state index in [1.807, 2.05) is 0 Å². The van der Waals surface area contributed by atoms with Gasteiger partial charge in [0.15, 0.2) is 0 Å². The Hall–Kier alpha value is -1.61. The standard InChI is InChI=1S/C11H6F2N.C5H9O2.Pt/c12-8-4-5-9(10(13)7-8)11-3-1-2-6-14-11;1-4(2)3-5(6)7;/h1-4,6-7H;3H2,1-2H3,(H,6,7);/q2*-1;+2. The molecule has 3 nitrogen and oxygen atoms in total. The van der Waals surface area contributed by atoms with Gasteiger partial charge in [-0.25, -0.2) is 0 Å². The molecular formula is C16H15F2NO2Pt. The van der Waals surface area contributed by atoms with Crippen molar-refractivity contribution in [1.29, 1.82) is 0 Å². The Kier molecular flexibility index (Phi) is 9.43. The van der Waals surface area contributed by atoms with Crippen molar-refractivity contribution in [3.05, 3.63) is 60.1 Å². The first-order valence-corrected chi connectivity index (χ1v) is 6.19. The predicted octanol–water partition coefficient (Wildman–Crippen LogP) is 3.90. The molecule has 1 heterocycles. The Balaban J connectivity index is 0.000000478. The Morgan fingerprint density at radius 3 is 2.45 bits per heavy atom. The molecule has 120 valence electrons. The molecule has 0 fully saturated rings. The van der Waals surface area contributed by atoms with Gasteiger partial charge in [-0.05, 0) is 11.8 Å². The molecule has 0 radical (unpaired) electrons. The molecule has 0 aliphatic carbocycles. The number of hydrogen-bond acceptors (Lipinski definition) is 2. The second-order valence-electron chi connectivity index (χ2n) is 4.53. The van der Waals surface area contributed by atoms with Crippen molar-refractivity contribution in [3.63, 3.8) is 0 Å². The summed E-state index contributed by atoms with van der Waals surface area (Å²) in [6.45, 7) is 3.60. The van der Waals surface area contributed by atoms with Crippen molar-refractivity contribution in [1.82, 2.24) is 4.98 Å². The number of halogens is 2. The molecule has 0 aliphatic heterocycles. The van der Waals surface area contributed by atoms with Crippen LogP contribution >= 0.6 is 0 Å². The van der Waals surface area contributed by atoms with Crippen LogP contribution in [0, 0.1) is 23.6 Å². The second-order valence-corrected chi connectivity index (χ2v) is 4.53. The Morgan fingerprint density at radius 1 is 1.36 bits per heavy atom. The van der Waals surface area contributed by atoms with Crippen LogP contribution in [0.1, 0.15) is 20.3 Å². The van der Waals surface area contributed by atoms with Gasteiger partial charge >= 0.3 is 21.1 Å². The van der Waals surface area contributed by atoms with E-state index in [2.05, 4.69) is 11.1 Å². The summed E-state index contributed by atoms with van der Waals surface area (Å²) in [5.74, 6) is -1.10. The molecule has 1 aromatic carbocycles. The number of benzene rings is 1. The van der Waals surface area contributed by atoms with E-state index < -0.39 is 17.6 Å². The minimum atomic E-state index is -0.750. The van der Waals surface area contributed by atoms with Crippen LogP contribution in [0.4, 0.5) is 8.78 Å². The molecule has 22 heavy (non-hydrogen) atoms. The van der Waals surface area contributed by atoms with E-state index in [9.17, 15) is 13.6 Å². The van der Waals surface area contributed by atoms with Crippen molar-refractivity contribution in [2.75, 3.05) is 0 Å². The summed E-state index contributed by atoms with van der Waals surface area (Å²) in [6, 6.07) is 9.53. The van der Waals surface area contributed by atoms with Gasteiger partial charge in [0, 0.05) is 17.8 Å². The molecule has 6 heteroatoms. The third-order valence-electron chi connectivity index (χ3n) is 2.28. The summed E-state index contributed by atoms with van der Waals surface area (Å²) in [6.07, 6.45) is 1.74. The van der Waals surface area contributed by atoms with Crippen molar-refractivity contribution in [2.24, 2.45) is 0 Å². The van der Waals surface area contributed by atoms with E-state index in [4.69, 9.17) is 5.11 Å². The zero-order chi connectivity index (χ0) is 15.8. The topological polar surface area (TPSA) is 50.2 Å². The summed E-state index contributed by atoms with van der Waals surface area (Å²) in [4.78, 5) is 13.7. The van der Waals surface area contributed by atoms with Gasteiger partial charge in [-0.2, -0.15) is 13.8 Å². The first kappa shape index (κ1) is 20.4. The van der Waals surface area contributed by atoms with Crippen LogP contribution in [0.2, 0.25) is 0 Å². The number of carbonyl (C=O) groups is 1. The monoisotopic (exact) mass is 486 g/mol. The van der Waals surface area contributed by atoms with Gasteiger partial charge in [0.1, 0.15) is 0 Å². The van der Waals surface area contributed by atoms with E-state index in [0.29, 0.717) is 5.69 Å². The second kappa shape index (κ2) is 10.2. The average Bonchev–Trinajstić information content (AvgIpc) is 2.38. The Morgan fingerprint density at radius 2 is 2.05 bits per heavy atom. The van der Waals surface area contributed by atoms with Crippen LogP contribution in [0.5, 0.6) is 0 Å². The fraction of sp³-hybridized carbons (Fsp3) is 0.188. The molecule has 0 spiro atoms. The SMILES string of the molecule is C[C-](C)CC(=O)O.Fc1c[c-]c(-c2ccccn2)c(F)c1.[Pt+2].